The number of amides is 1. The molecule has 0 spiro atoms. The van der Waals surface area contributed by atoms with E-state index in [9.17, 15) is 9.18 Å². The molecule has 1 heterocycles. The molecule has 19 heavy (non-hydrogen) atoms. The van der Waals surface area contributed by atoms with Gasteiger partial charge < -0.3 is 15.4 Å². The molecule has 1 fully saturated rings. The number of nitrogens with one attached hydrogen (secondary N) is 2. The summed E-state index contributed by atoms with van der Waals surface area (Å²) in [6.45, 7) is 3.60. The number of hydrogen-bond acceptors (Lipinski definition) is 3. The summed E-state index contributed by atoms with van der Waals surface area (Å²) in [6.07, 6.45) is 0. The van der Waals surface area contributed by atoms with Crippen LogP contribution in [0, 0.1) is 5.82 Å². The first kappa shape index (κ1) is 14.4. The van der Waals surface area contributed by atoms with Gasteiger partial charge in [-0.05, 0) is 25.1 Å². The fraction of sp³-hybridized carbons (Fsp3) is 0.462. The van der Waals surface area contributed by atoms with Crippen LogP contribution in [-0.2, 0) is 16.1 Å². The van der Waals surface area contributed by atoms with E-state index >= 15 is 0 Å². The molecule has 1 aliphatic rings. The van der Waals surface area contributed by atoms with Crippen LogP contribution < -0.4 is 10.6 Å². The number of hydrogen-bond donors (Lipinski definition) is 2. The largest absolute Gasteiger partial charge is 0.363 e. The third kappa shape index (κ3) is 3.99. The second kappa shape index (κ2) is 5.98. The Bertz CT molecular complexity index is 478. The average molecular weight is 331 g/mol. The maximum atomic E-state index is 13.4. The highest BCUT2D eigenvalue weighted by Gasteiger charge is 2.32. The Hall–Kier alpha value is -0.980. The summed E-state index contributed by atoms with van der Waals surface area (Å²) in [4.78, 5) is 11.6. The van der Waals surface area contributed by atoms with Crippen LogP contribution in [0.3, 0.4) is 0 Å². The summed E-state index contributed by atoms with van der Waals surface area (Å²) < 4.78 is 19.7. The second-order valence-corrected chi connectivity index (χ2v) is 5.77. The zero-order chi connectivity index (χ0) is 13.9. The van der Waals surface area contributed by atoms with Crippen LogP contribution in [0.4, 0.5) is 4.39 Å². The van der Waals surface area contributed by atoms with Crippen molar-refractivity contribution in [1.82, 2.24) is 10.6 Å². The van der Waals surface area contributed by atoms with Gasteiger partial charge >= 0.3 is 0 Å². The van der Waals surface area contributed by atoms with E-state index in [1.54, 1.807) is 12.1 Å². The number of ether oxygens (including phenoxy) is 1. The molecule has 2 rings (SSSR count). The Balaban J connectivity index is 1.78. The lowest BCUT2D eigenvalue weighted by atomic mass is 10.0. The van der Waals surface area contributed by atoms with E-state index in [2.05, 4.69) is 26.6 Å². The molecule has 1 aromatic rings. The topological polar surface area (TPSA) is 50.4 Å². The van der Waals surface area contributed by atoms with E-state index in [0.717, 1.165) is 17.6 Å². The summed E-state index contributed by atoms with van der Waals surface area (Å²) in [7, 11) is 0. The van der Waals surface area contributed by atoms with Crippen molar-refractivity contribution < 1.29 is 13.9 Å². The van der Waals surface area contributed by atoms with Crippen LogP contribution in [0.15, 0.2) is 22.7 Å². The molecular formula is C13H16BrFN2O2. The van der Waals surface area contributed by atoms with E-state index in [0.29, 0.717) is 5.56 Å². The quantitative estimate of drug-likeness (QED) is 0.861. The van der Waals surface area contributed by atoms with Crippen molar-refractivity contribution in [2.24, 2.45) is 0 Å². The highest BCUT2D eigenvalue weighted by Crippen LogP contribution is 2.16. The smallest absolute Gasteiger partial charge is 0.246 e. The molecule has 0 atom stereocenters. The molecule has 1 saturated heterocycles. The molecule has 0 radical (unpaired) electrons. The first-order valence-corrected chi connectivity index (χ1v) is 6.83. The first-order chi connectivity index (χ1) is 8.98. The van der Waals surface area contributed by atoms with Crippen molar-refractivity contribution in [3.05, 3.63) is 34.1 Å². The van der Waals surface area contributed by atoms with Gasteiger partial charge in [0.2, 0.25) is 5.91 Å². The second-order valence-electron chi connectivity index (χ2n) is 4.85. The van der Waals surface area contributed by atoms with Crippen LogP contribution in [0.2, 0.25) is 0 Å². The van der Waals surface area contributed by atoms with Gasteiger partial charge in [0.15, 0.2) is 0 Å². The zero-order valence-electron chi connectivity index (χ0n) is 10.6. The van der Waals surface area contributed by atoms with Gasteiger partial charge in [-0.25, -0.2) is 4.39 Å². The van der Waals surface area contributed by atoms with Gasteiger partial charge in [-0.1, -0.05) is 15.9 Å². The Morgan fingerprint density at radius 3 is 2.95 bits per heavy atom. The molecule has 4 nitrogen and oxygen atoms in total. The van der Waals surface area contributed by atoms with Gasteiger partial charge in [0.25, 0.3) is 0 Å². The van der Waals surface area contributed by atoms with E-state index in [1.165, 1.54) is 6.07 Å². The Kier molecular flexibility index (Phi) is 4.54. The third-order valence-electron chi connectivity index (χ3n) is 3.03. The van der Waals surface area contributed by atoms with Gasteiger partial charge in [-0.3, -0.25) is 4.79 Å². The third-order valence-corrected chi connectivity index (χ3v) is 3.53. The van der Waals surface area contributed by atoms with Crippen LogP contribution in [0.5, 0.6) is 0 Å². The maximum Gasteiger partial charge on any atom is 0.246 e. The van der Waals surface area contributed by atoms with Crippen molar-refractivity contribution in [3.8, 4) is 0 Å². The molecule has 0 aliphatic carbocycles. The van der Waals surface area contributed by atoms with Crippen LogP contribution >= 0.6 is 15.9 Å². The molecule has 1 aromatic carbocycles. The van der Waals surface area contributed by atoms with Gasteiger partial charge in [-0.2, -0.15) is 0 Å². The van der Waals surface area contributed by atoms with Gasteiger partial charge in [0.1, 0.15) is 12.4 Å². The van der Waals surface area contributed by atoms with Crippen molar-refractivity contribution in [1.29, 1.82) is 0 Å². The van der Waals surface area contributed by atoms with Crippen molar-refractivity contribution in [2.45, 2.75) is 19.1 Å². The monoisotopic (exact) mass is 330 g/mol. The fourth-order valence-corrected chi connectivity index (χ4v) is 2.15. The molecule has 6 heteroatoms. The lowest BCUT2D eigenvalue weighted by molar-refractivity contribution is -0.136. The Morgan fingerprint density at radius 1 is 1.58 bits per heavy atom. The van der Waals surface area contributed by atoms with Crippen molar-refractivity contribution >= 4 is 21.8 Å². The molecule has 0 aromatic heterocycles. The standard InChI is InChI=1S/C13H16BrFN2O2/c1-13(7-16-8-13)19-6-12(18)17-5-9-4-10(14)2-3-11(9)15/h2-4,16H,5-8H2,1H3,(H,17,18). The molecule has 0 unspecified atom stereocenters. The molecule has 2 N–H and O–H groups in total. The number of halogens is 2. The highest BCUT2D eigenvalue weighted by atomic mass is 79.9. The van der Waals surface area contributed by atoms with E-state index < -0.39 is 0 Å². The van der Waals surface area contributed by atoms with E-state index in [1.807, 2.05) is 6.92 Å². The fourth-order valence-electron chi connectivity index (χ4n) is 1.74. The van der Waals surface area contributed by atoms with E-state index in [4.69, 9.17) is 4.74 Å². The number of benzene rings is 1. The lowest BCUT2D eigenvalue weighted by Crippen LogP contribution is -2.59. The number of carbonyl (C=O) groups excluding carboxylic acids is 1. The Labute approximate surface area is 119 Å². The zero-order valence-corrected chi connectivity index (χ0v) is 12.2. The van der Waals surface area contributed by atoms with E-state index in [-0.39, 0.29) is 30.5 Å². The lowest BCUT2D eigenvalue weighted by Gasteiger charge is -2.38. The van der Waals surface area contributed by atoms with Crippen LogP contribution in [0.1, 0.15) is 12.5 Å². The van der Waals surface area contributed by atoms with Crippen molar-refractivity contribution in [2.75, 3.05) is 19.7 Å². The maximum absolute atomic E-state index is 13.4. The predicted octanol–water partition coefficient (Wildman–Crippen LogP) is 1.58. The normalized spacial score (nSPS) is 16.8. The molecule has 1 aliphatic heterocycles. The summed E-state index contributed by atoms with van der Waals surface area (Å²) in [5.41, 5.74) is 0.192. The first-order valence-electron chi connectivity index (χ1n) is 6.04. The minimum Gasteiger partial charge on any atom is -0.363 e. The van der Waals surface area contributed by atoms with Crippen LogP contribution in [0.25, 0.3) is 0 Å². The summed E-state index contributed by atoms with van der Waals surface area (Å²) in [5, 5.41) is 5.73. The van der Waals surface area contributed by atoms with Gasteiger partial charge in [0, 0.05) is 29.7 Å². The molecule has 0 saturated carbocycles. The molecular weight excluding hydrogens is 315 g/mol. The molecule has 104 valence electrons. The van der Waals surface area contributed by atoms with Crippen LogP contribution in [-0.4, -0.2) is 31.2 Å². The Morgan fingerprint density at radius 2 is 2.32 bits per heavy atom. The number of rotatable bonds is 5. The molecule has 1 amide bonds. The van der Waals surface area contributed by atoms with Gasteiger partial charge in [-0.15, -0.1) is 0 Å². The van der Waals surface area contributed by atoms with Gasteiger partial charge in [0.05, 0.1) is 5.60 Å². The minimum absolute atomic E-state index is 0.00615. The summed E-state index contributed by atoms with van der Waals surface area (Å²) >= 11 is 3.27. The predicted molar refractivity (Wildman–Crippen MR) is 73.2 cm³/mol. The number of carbonyl (C=O) groups is 1. The summed E-state index contributed by atoms with van der Waals surface area (Å²) in [6, 6.07) is 4.63. The SMILES string of the molecule is CC1(OCC(=O)NCc2cc(Br)ccc2F)CNC1. The highest BCUT2D eigenvalue weighted by molar-refractivity contribution is 9.10. The average Bonchev–Trinajstić information content (AvgIpc) is 2.35. The molecule has 0 bridgehead atoms. The summed E-state index contributed by atoms with van der Waals surface area (Å²) in [5.74, 6) is -0.577. The van der Waals surface area contributed by atoms with Crippen molar-refractivity contribution in [3.63, 3.8) is 0 Å². The minimum atomic E-state index is -0.334.